The molecule has 1 atom stereocenters. The molecule has 2 bridgehead atoms. The quantitative estimate of drug-likeness (QED) is 0.367. The number of quaternary nitrogens is 1. The summed E-state index contributed by atoms with van der Waals surface area (Å²) >= 11 is 0. The van der Waals surface area contributed by atoms with Gasteiger partial charge in [-0.15, -0.1) is 0 Å². The smallest absolute Gasteiger partial charge is 0.396 e. The van der Waals surface area contributed by atoms with Crippen molar-refractivity contribution in [2.24, 2.45) is 5.92 Å². The summed E-state index contributed by atoms with van der Waals surface area (Å²) in [7, 11) is 0. The molecule has 0 radical (unpaired) electrons. The van der Waals surface area contributed by atoms with Crippen LogP contribution in [0.1, 0.15) is 36.8 Å². The molecule has 3 fully saturated rings. The zero-order valence-electron chi connectivity index (χ0n) is 19.9. The number of fused-ring (bicyclic) bond motifs is 3. The highest BCUT2D eigenvalue weighted by Gasteiger charge is 2.49. The van der Waals surface area contributed by atoms with Gasteiger partial charge in [0.25, 0.3) is 0 Å². The minimum atomic E-state index is -0.229. The molecule has 34 heavy (non-hydrogen) atoms. The molecule has 3 aromatic carbocycles. The predicted octanol–water partition coefficient (Wildman–Crippen LogP) is 6.42. The molecule has 3 aliphatic heterocycles. The number of nitrogens with zero attached hydrogens (tertiary/aromatic N) is 2. The van der Waals surface area contributed by atoms with E-state index in [-0.39, 0.29) is 12.3 Å². The third kappa shape index (κ3) is 5.18. The van der Waals surface area contributed by atoms with Crippen LogP contribution in [0.5, 0.6) is 0 Å². The van der Waals surface area contributed by atoms with Gasteiger partial charge in [-0.2, -0.15) is 0 Å². The highest BCUT2D eigenvalue weighted by atomic mass is 16.6. The van der Waals surface area contributed by atoms with Crippen molar-refractivity contribution in [1.29, 1.82) is 0 Å². The first-order chi connectivity index (χ1) is 16.7. The van der Waals surface area contributed by atoms with Gasteiger partial charge in [0.05, 0.1) is 26.2 Å². The SMILES string of the molecule is O=C(O[C@@H]1CC2CC[N+]1(CCCc1ccccc1)CC2)N(Cc1ccccc1)c1ccccc1. The van der Waals surface area contributed by atoms with Gasteiger partial charge in [0.15, 0.2) is 0 Å². The number of para-hydroxylation sites is 1. The largest absolute Gasteiger partial charge is 0.419 e. The maximum absolute atomic E-state index is 13.6. The molecule has 0 aromatic heterocycles. The van der Waals surface area contributed by atoms with E-state index in [4.69, 9.17) is 4.74 Å². The van der Waals surface area contributed by atoms with E-state index in [0.29, 0.717) is 12.5 Å². The Bertz CT molecular complexity index is 1050. The number of hydrogen-bond acceptors (Lipinski definition) is 2. The van der Waals surface area contributed by atoms with Crippen molar-refractivity contribution < 1.29 is 14.0 Å². The van der Waals surface area contributed by atoms with E-state index >= 15 is 0 Å². The van der Waals surface area contributed by atoms with Crippen LogP contribution in [0.2, 0.25) is 0 Å². The molecule has 176 valence electrons. The highest BCUT2D eigenvalue weighted by molar-refractivity contribution is 5.87. The van der Waals surface area contributed by atoms with Crippen LogP contribution in [0.3, 0.4) is 0 Å². The summed E-state index contributed by atoms with van der Waals surface area (Å²) in [5.41, 5.74) is 3.36. The molecule has 0 spiro atoms. The van der Waals surface area contributed by atoms with Gasteiger partial charge in [-0.05, 0) is 35.6 Å². The lowest BCUT2D eigenvalue weighted by molar-refractivity contribution is -0.984. The zero-order valence-corrected chi connectivity index (χ0v) is 19.9. The lowest BCUT2D eigenvalue weighted by Gasteiger charge is -2.53. The van der Waals surface area contributed by atoms with Crippen LogP contribution < -0.4 is 4.90 Å². The second-order valence-corrected chi connectivity index (χ2v) is 9.90. The average Bonchev–Trinajstić information content (AvgIpc) is 2.90. The molecular weight excluding hydrogens is 420 g/mol. The Labute approximate surface area is 203 Å². The van der Waals surface area contributed by atoms with Crippen LogP contribution in [-0.2, 0) is 17.7 Å². The van der Waals surface area contributed by atoms with Gasteiger partial charge in [0.2, 0.25) is 6.23 Å². The first kappa shape index (κ1) is 22.7. The third-order valence-corrected chi connectivity index (χ3v) is 7.73. The number of piperidine rings is 3. The lowest BCUT2D eigenvalue weighted by atomic mass is 9.84. The van der Waals surface area contributed by atoms with Crippen molar-refractivity contribution in [3.8, 4) is 0 Å². The van der Waals surface area contributed by atoms with Crippen molar-refractivity contribution in [3.05, 3.63) is 102 Å². The number of hydrogen-bond donors (Lipinski definition) is 0. The number of benzene rings is 3. The van der Waals surface area contributed by atoms with E-state index in [1.165, 1.54) is 18.4 Å². The molecule has 4 heteroatoms. The molecular formula is C30H35N2O2+. The molecule has 1 amide bonds. The molecule has 0 saturated carbocycles. The molecule has 3 aromatic rings. The van der Waals surface area contributed by atoms with Crippen molar-refractivity contribution >= 4 is 11.8 Å². The summed E-state index contributed by atoms with van der Waals surface area (Å²) in [6, 6.07) is 30.8. The van der Waals surface area contributed by atoms with E-state index < -0.39 is 0 Å². The molecule has 0 aliphatic carbocycles. The topological polar surface area (TPSA) is 29.5 Å². The van der Waals surface area contributed by atoms with Crippen LogP contribution in [-0.4, -0.2) is 36.4 Å². The maximum atomic E-state index is 13.6. The summed E-state index contributed by atoms with van der Waals surface area (Å²) in [4.78, 5) is 15.4. The molecule has 4 nitrogen and oxygen atoms in total. The fraction of sp³-hybridized carbons (Fsp3) is 0.367. The monoisotopic (exact) mass is 455 g/mol. The predicted molar refractivity (Wildman–Crippen MR) is 136 cm³/mol. The Morgan fingerprint density at radius 2 is 1.41 bits per heavy atom. The Morgan fingerprint density at radius 1 is 0.824 bits per heavy atom. The van der Waals surface area contributed by atoms with Crippen LogP contribution in [0.4, 0.5) is 10.5 Å². The number of carbonyl (C=O) groups excluding carboxylic acids is 1. The van der Waals surface area contributed by atoms with E-state index in [1.807, 2.05) is 48.5 Å². The average molecular weight is 456 g/mol. The molecule has 6 rings (SSSR count). The van der Waals surface area contributed by atoms with E-state index in [1.54, 1.807) is 4.90 Å². The number of anilines is 1. The van der Waals surface area contributed by atoms with Crippen molar-refractivity contribution in [3.63, 3.8) is 0 Å². The standard InChI is InChI=1S/C30H35N2O2/c33-30(31(28-16-8-3-9-17-28)24-27-13-6-2-7-14-27)34-29-23-26-18-21-32(29,22-19-26)20-10-15-25-11-4-1-5-12-25/h1-9,11-14,16-17,26,29H,10,15,18-24H2/q+1/t26?,29-,32?/m1/s1. The van der Waals surface area contributed by atoms with Crippen molar-refractivity contribution in [2.75, 3.05) is 24.5 Å². The van der Waals surface area contributed by atoms with Crippen LogP contribution in [0, 0.1) is 5.92 Å². The first-order valence-electron chi connectivity index (χ1n) is 12.7. The van der Waals surface area contributed by atoms with Gasteiger partial charge in [-0.3, -0.25) is 9.38 Å². The number of ether oxygens (including phenoxy) is 1. The van der Waals surface area contributed by atoms with Crippen LogP contribution in [0.25, 0.3) is 0 Å². The third-order valence-electron chi connectivity index (χ3n) is 7.73. The minimum absolute atomic E-state index is 0.0437. The molecule has 0 N–H and O–H groups in total. The van der Waals surface area contributed by atoms with Crippen LogP contribution >= 0.6 is 0 Å². The van der Waals surface area contributed by atoms with E-state index in [0.717, 1.165) is 54.6 Å². The second-order valence-electron chi connectivity index (χ2n) is 9.90. The first-order valence-corrected chi connectivity index (χ1v) is 12.7. The Morgan fingerprint density at radius 3 is 2.06 bits per heavy atom. The summed E-state index contributed by atoms with van der Waals surface area (Å²) < 4.78 is 7.31. The highest BCUT2D eigenvalue weighted by Crippen LogP contribution is 2.39. The van der Waals surface area contributed by atoms with Gasteiger partial charge in [-0.25, -0.2) is 4.79 Å². The van der Waals surface area contributed by atoms with E-state index in [9.17, 15) is 4.79 Å². The Hall–Kier alpha value is -3.11. The molecule has 3 heterocycles. The summed E-state index contributed by atoms with van der Waals surface area (Å²) in [6.07, 6.45) is 5.43. The van der Waals surface area contributed by atoms with Gasteiger partial charge < -0.3 is 4.74 Å². The normalized spacial score (nSPS) is 23.4. The minimum Gasteiger partial charge on any atom is -0.396 e. The van der Waals surface area contributed by atoms with Gasteiger partial charge in [0.1, 0.15) is 0 Å². The number of amides is 1. The summed E-state index contributed by atoms with van der Waals surface area (Å²) in [6.45, 7) is 3.83. The molecule has 3 aliphatic rings. The molecule has 3 saturated heterocycles. The fourth-order valence-corrected chi connectivity index (χ4v) is 5.75. The maximum Gasteiger partial charge on any atom is 0.419 e. The Kier molecular flexibility index (Phi) is 6.96. The summed E-state index contributed by atoms with van der Waals surface area (Å²) in [5.74, 6) is 0.686. The van der Waals surface area contributed by atoms with Crippen LogP contribution in [0.15, 0.2) is 91.0 Å². The second kappa shape index (κ2) is 10.4. The number of carbonyl (C=O) groups is 1. The lowest BCUT2D eigenvalue weighted by Crippen LogP contribution is -2.66. The number of aryl methyl sites for hydroxylation is 1. The van der Waals surface area contributed by atoms with Crippen molar-refractivity contribution in [2.45, 2.75) is 44.9 Å². The zero-order chi connectivity index (χ0) is 23.2. The fourth-order valence-electron chi connectivity index (χ4n) is 5.75. The molecule has 0 unspecified atom stereocenters. The van der Waals surface area contributed by atoms with Crippen molar-refractivity contribution in [1.82, 2.24) is 0 Å². The van der Waals surface area contributed by atoms with Gasteiger partial charge in [0, 0.05) is 31.4 Å². The number of rotatable bonds is 8. The van der Waals surface area contributed by atoms with Gasteiger partial charge in [-0.1, -0.05) is 78.9 Å². The van der Waals surface area contributed by atoms with E-state index in [2.05, 4.69) is 42.5 Å². The van der Waals surface area contributed by atoms with Gasteiger partial charge >= 0.3 is 6.09 Å². The Balaban J connectivity index is 1.31. The summed E-state index contributed by atoms with van der Waals surface area (Å²) in [5, 5.41) is 0.